The fourth-order valence-corrected chi connectivity index (χ4v) is 4.93. The minimum atomic E-state index is -0.285. The molecule has 0 N–H and O–H groups in total. The van der Waals surface area contributed by atoms with Crippen LogP contribution in [0.1, 0.15) is 20.9 Å². The van der Waals surface area contributed by atoms with Crippen LogP contribution in [0.5, 0.6) is 0 Å². The molecule has 2 heterocycles. The summed E-state index contributed by atoms with van der Waals surface area (Å²) in [7, 11) is 1.95. The molecule has 0 aliphatic heterocycles. The highest BCUT2D eigenvalue weighted by molar-refractivity contribution is 7.20. The van der Waals surface area contributed by atoms with Gasteiger partial charge in [0.1, 0.15) is 0 Å². The Bertz CT molecular complexity index is 1130. The van der Waals surface area contributed by atoms with E-state index >= 15 is 0 Å². The van der Waals surface area contributed by atoms with Crippen molar-refractivity contribution in [3.8, 4) is 0 Å². The third-order valence-corrected chi connectivity index (χ3v) is 6.01. The lowest BCUT2D eigenvalue weighted by Gasteiger charge is -2.01. The maximum Gasteiger partial charge on any atom is 0.308 e. The van der Waals surface area contributed by atoms with E-state index in [0.717, 1.165) is 20.4 Å². The Hall–Kier alpha value is -2.31. The normalized spacial score (nSPS) is 12.4. The van der Waals surface area contributed by atoms with E-state index in [2.05, 4.69) is 36.0 Å². The van der Waals surface area contributed by atoms with Crippen LogP contribution in [0.2, 0.25) is 0 Å². The molecule has 0 radical (unpaired) electrons. The van der Waals surface area contributed by atoms with Gasteiger partial charge in [-0.2, -0.15) is 4.99 Å². The zero-order valence-electron chi connectivity index (χ0n) is 13.5. The maximum absolute atomic E-state index is 12.5. The van der Waals surface area contributed by atoms with Crippen LogP contribution in [-0.2, 0) is 7.05 Å². The van der Waals surface area contributed by atoms with E-state index in [1.54, 1.807) is 0 Å². The molecule has 6 heteroatoms. The van der Waals surface area contributed by atoms with E-state index in [1.165, 1.54) is 33.8 Å². The lowest BCUT2D eigenvalue weighted by molar-refractivity contribution is 0.0998. The molecule has 0 spiro atoms. The second-order valence-electron chi connectivity index (χ2n) is 5.78. The van der Waals surface area contributed by atoms with Crippen LogP contribution in [0.4, 0.5) is 0 Å². The van der Waals surface area contributed by atoms with E-state index in [1.807, 2.05) is 35.9 Å². The van der Waals surface area contributed by atoms with E-state index in [4.69, 9.17) is 0 Å². The molecule has 0 saturated carbocycles. The first-order valence-electron chi connectivity index (χ1n) is 7.54. The topological polar surface area (TPSA) is 47.2 Å². The first-order valence-corrected chi connectivity index (χ1v) is 9.17. The molecule has 1 amide bonds. The fourth-order valence-electron chi connectivity index (χ4n) is 2.89. The second-order valence-corrected chi connectivity index (χ2v) is 7.82. The van der Waals surface area contributed by atoms with Gasteiger partial charge in [-0.05, 0) is 43.2 Å². The fraction of sp³-hybridized carbons (Fsp3) is 0.167. The van der Waals surface area contributed by atoms with Gasteiger partial charge in [-0.15, -0.1) is 11.3 Å². The number of thiazole rings is 2. The SMILES string of the molecule is Cc1cc(C)c2c(c1)sc(=NC(=O)c1nc3ccccc3s1)n2C. The Labute approximate surface area is 146 Å². The molecular weight excluding hydrogens is 338 g/mol. The highest BCUT2D eigenvalue weighted by Crippen LogP contribution is 2.24. The van der Waals surface area contributed by atoms with Crippen LogP contribution < -0.4 is 4.80 Å². The van der Waals surface area contributed by atoms with Crippen LogP contribution in [0.25, 0.3) is 20.4 Å². The number of carbonyl (C=O) groups excluding carboxylic acids is 1. The Morgan fingerprint density at radius 2 is 1.92 bits per heavy atom. The van der Waals surface area contributed by atoms with E-state index in [9.17, 15) is 4.79 Å². The third-order valence-electron chi connectivity index (χ3n) is 3.91. The Morgan fingerprint density at radius 3 is 2.71 bits per heavy atom. The predicted molar refractivity (Wildman–Crippen MR) is 99.8 cm³/mol. The van der Waals surface area contributed by atoms with Gasteiger partial charge in [0.15, 0.2) is 9.81 Å². The van der Waals surface area contributed by atoms with Crippen molar-refractivity contribution < 1.29 is 4.79 Å². The van der Waals surface area contributed by atoms with E-state index in [0.29, 0.717) is 9.81 Å². The molecule has 0 fully saturated rings. The number of hydrogen-bond acceptors (Lipinski definition) is 4. The number of fused-ring (bicyclic) bond motifs is 2. The van der Waals surface area contributed by atoms with Gasteiger partial charge in [-0.3, -0.25) is 4.79 Å². The summed E-state index contributed by atoms with van der Waals surface area (Å²) in [4.78, 5) is 22.0. The Balaban J connectivity index is 1.85. The van der Waals surface area contributed by atoms with Crippen LogP contribution in [0.15, 0.2) is 41.4 Å². The summed E-state index contributed by atoms with van der Waals surface area (Å²) in [5.74, 6) is -0.285. The minimum Gasteiger partial charge on any atom is -0.319 e. The number of nitrogens with zero attached hydrogens (tertiary/aromatic N) is 3. The van der Waals surface area contributed by atoms with Crippen molar-refractivity contribution >= 4 is 49.0 Å². The summed E-state index contributed by atoms with van der Waals surface area (Å²) in [6.45, 7) is 4.16. The molecule has 120 valence electrons. The van der Waals surface area contributed by atoms with Crippen molar-refractivity contribution in [2.24, 2.45) is 12.0 Å². The Morgan fingerprint density at radius 1 is 1.12 bits per heavy atom. The number of aryl methyl sites for hydroxylation is 3. The summed E-state index contributed by atoms with van der Waals surface area (Å²) in [6, 6.07) is 12.0. The van der Waals surface area contributed by atoms with Gasteiger partial charge >= 0.3 is 5.91 Å². The molecule has 24 heavy (non-hydrogen) atoms. The van der Waals surface area contributed by atoms with Gasteiger partial charge in [0.2, 0.25) is 0 Å². The summed E-state index contributed by atoms with van der Waals surface area (Å²) in [6.07, 6.45) is 0. The van der Waals surface area contributed by atoms with Crippen molar-refractivity contribution in [3.63, 3.8) is 0 Å². The van der Waals surface area contributed by atoms with Crippen molar-refractivity contribution in [2.45, 2.75) is 13.8 Å². The average Bonchev–Trinajstić information content (AvgIpc) is 3.09. The zero-order chi connectivity index (χ0) is 16.8. The number of aromatic nitrogens is 2. The number of hydrogen-bond donors (Lipinski definition) is 0. The monoisotopic (exact) mass is 353 g/mol. The molecule has 4 nitrogen and oxygen atoms in total. The van der Waals surface area contributed by atoms with E-state index < -0.39 is 0 Å². The lowest BCUT2D eigenvalue weighted by Crippen LogP contribution is -2.13. The van der Waals surface area contributed by atoms with Crippen molar-refractivity contribution in [2.75, 3.05) is 0 Å². The number of para-hydroxylation sites is 1. The molecular formula is C18H15N3OS2. The van der Waals surface area contributed by atoms with Crippen LogP contribution >= 0.6 is 22.7 Å². The van der Waals surface area contributed by atoms with Gasteiger partial charge in [-0.25, -0.2) is 4.98 Å². The third kappa shape index (κ3) is 2.48. The first-order chi connectivity index (χ1) is 11.5. The van der Waals surface area contributed by atoms with Crippen LogP contribution in [0.3, 0.4) is 0 Å². The molecule has 4 rings (SSSR count). The molecule has 4 aromatic rings. The molecule has 2 aromatic carbocycles. The summed E-state index contributed by atoms with van der Waals surface area (Å²) >= 11 is 2.92. The Kier molecular flexibility index (Phi) is 3.58. The summed E-state index contributed by atoms with van der Waals surface area (Å²) in [5, 5.41) is 0.432. The first kappa shape index (κ1) is 15.2. The molecule has 0 atom stereocenters. The summed E-state index contributed by atoms with van der Waals surface area (Å²) in [5.41, 5.74) is 4.37. The maximum atomic E-state index is 12.5. The van der Waals surface area contributed by atoms with Gasteiger partial charge in [-0.1, -0.05) is 29.5 Å². The van der Waals surface area contributed by atoms with E-state index in [-0.39, 0.29) is 5.91 Å². The number of carbonyl (C=O) groups is 1. The van der Waals surface area contributed by atoms with Crippen molar-refractivity contribution in [1.29, 1.82) is 0 Å². The lowest BCUT2D eigenvalue weighted by atomic mass is 10.1. The van der Waals surface area contributed by atoms with Gasteiger partial charge in [0.25, 0.3) is 0 Å². The molecule has 2 aromatic heterocycles. The molecule has 0 unspecified atom stereocenters. The number of benzene rings is 2. The second kappa shape index (κ2) is 5.65. The van der Waals surface area contributed by atoms with Crippen molar-refractivity contribution in [3.05, 3.63) is 57.3 Å². The standard InChI is InChI=1S/C18H15N3OS2/c1-10-8-11(2)15-14(9-10)24-18(21(15)3)20-16(22)17-19-12-6-4-5-7-13(12)23-17/h4-9H,1-3H3. The van der Waals surface area contributed by atoms with Crippen LogP contribution in [0, 0.1) is 13.8 Å². The van der Waals surface area contributed by atoms with Gasteiger partial charge in [0, 0.05) is 7.05 Å². The highest BCUT2D eigenvalue weighted by atomic mass is 32.1. The molecule has 0 aliphatic carbocycles. The van der Waals surface area contributed by atoms with Crippen LogP contribution in [-0.4, -0.2) is 15.5 Å². The number of amides is 1. The van der Waals surface area contributed by atoms with Gasteiger partial charge < -0.3 is 4.57 Å². The molecule has 0 saturated heterocycles. The smallest absolute Gasteiger partial charge is 0.308 e. The van der Waals surface area contributed by atoms with Gasteiger partial charge in [0.05, 0.1) is 20.4 Å². The minimum absolute atomic E-state index is 0.285. The quantitative estimate of drug-likeness (QED) is 0.515. The largest absolute Gasteiger partial charge is 0.319 e. The zero-order valence-corrected chi connectivity index (χ0v) is 15.2. The summed E-state index contributed by atoms with van der Waals surface area (Å²) < 4.78 is 4.13. The highest BCUT2D eigenvalue weighted by Gasteiger charge is 2.13. The predicted octanol–water partition coefficient (Wildman–Crippen LogP) is 4.21. The molecule has 0 bridgehead atoms. The average molecular weight is 353 g/mol. The molecule has 0 aliphatic rings. The number of rotatable bonds is 1. The van der Waals surface area contributed by atoms with Crippen molar-refractivity contribution in [1.82, 2.24) is 9.55 Å².